The van der Waals surface area contributed by atoms with Gasteiger partial charge in [0.05, 0.1) is 34.0 Å². The van der Waals surface area contributed by atoms with Gasteiger partial charge in [-0.1, -0.05) is 43.3 Å². The number of pyridine rings is 1. The Morgan fingerprint density at radius 1 is 0.947 bits per heavy atom. The zero-order valence-corrected chi connectivity index (χ0v) is 21.6. The average Bonchev–Trinajstić information content (AvgIpc) is 2.92. The largest absolute Gasteiger partial charge is 0.368 e. The summed E-state index contributed by atoms with van der Waals surface area (Å²) in [4.78, 5) is 32.2. The molecular formula is C30H29N7O. The predicted octanol–water partition coefficient (Wildman–Crippen LogP) is 5.50. The van der Waals surface area contributed by atoms with E-state index >= 15 is 0 Å². The predicted molar refractivity (Wildman–Crippen MR) is 153 cm³/mol. The number of hydrogen-bond acceptors (Lipinski definition) is 7. The minimum absolute atomic E-state index is 0.108. The monoisotopic (exact) mass is 503 g/mol. The van der Waals surface area contributed by atoms with Crippen molar-refractivity contribution in [3.63, 3.8) is 0 Å². The van der Waals surface area contributed by atoms with Gasteiger partial charge < -0.3 is 11.1 Å². The highest BCUT2D eigenvalue weighted by atomic mass is 16.1. The quantitative estimate of drug-likeness (QED) is 0.301. The summed E-state index contributed by atoms with van der Waals surface area (Å²) in [5, 5.41) is 4.13. The van der Waals surface area contributed by atoms with E-state index in [-0.39, 0.29) is 17.5 Å². The molecule has 0 saturated heterocycles. The Morgan fingerprint density at radius 3 is 2.47 bits per heavy atom. The Hall–Kier alpha value is -4.85. The van der Waals surface area contributed by atoms with Gasteiger partial charge in [-0.15, -0.1) is 0 Å². The van der Waals surface area contributed by atoms with E-state index in [0.29, 0.717) is 29.0 Å². The van der Waals surface area contributed by atoms with Crippen molar-refractivity contribution in [1.82, 2.24) is 24.5 Å². The first-order valence-electron chi connectivity index (χ1n) is 12.5. The molecule has 38 heavy (non-hydrogen) atoms. The molecule has 2 aromatic carbocycles. The van der Waals surface area contributed by atoms with Crippen LogP contribution in [-0.4, -0.2) is 24.5 Å². The van der Waals surface area contributed by atoms with Crippen molar-refractivity contribution in [3.05, 3.63) is 112 Å². The van der Waals surface area contributed by atoms with E-state index in [2.05, 4.69) is 20.3 Å². The Kier molecular flexibility index (Phi) is 6.95. The highest BCUT2D eigenvalue weighted by Gasteiger charge is 2.22. The van der Waals surface area contributed by atoms with Gasteiger partial charge in [-0.25, -0.2) is 9.97 Å². The Labute approximate surface area is 221 Å². The number of para-hydroxylation sites is 1. The lowest BCUT2D eigenvalue weighted by Crippen LogP contribution is -2.29. The van der Waals surface area contributed by atoms with Crippen LogP contribution >= 0.6 is 0 Å². The van der Waals surface area contributed by atoms with Gasteiger partial charge in [0.2, 0.25) is 5.95 Å². The lowest BCUT2D eigenvalue weighted by molar-refractivity contribution is 0.658. The summed E-state index contributed by atoms with van der Waals surface area (Å²) in [5.41, 5.74) is 10.6. The van der Waals surface area contributed by atoms with Crippen LogP contribution in [-0.2, 0) is 0 Å². The van der Waals surface area contributed by atoms with Crippen LogP contribution in [0.15, 0.2) is 77.7 Å². The summed E-state index contributed by atoms with van der Waals surface area (Å²) in [7, 11) is 0. The van der Waals surface area contributed by atoms with E-state index < -0.39 is 0 Å². The fourth-order valence-electron chi connectivity index (χ4n) is 4.54. The maximum atomic E-state index is 13.9. The molecule has 0 saturated carbocycles. The summed E-state index contributed by atoms with van der Waals surface area (Å²) >= 11 is 0. The third-order valence-electron chi connectivity index (χ3n) is 6.44. The van der Waals surface area contributed by atoms with E-state index in [9.17, 15) is 4.79 Å². The summed E-state index contributed by atoms with van der Waals surface area (Å²) in [6.07, 6.45) is 6.22. The molecule has 8 heteroatoms. The zero-order valence-electron chi connectivity index (χ0n) is 21.6. The minimum atomic E-state index is -0.344. The number of fused-ring (bicyclic) bond motifs is 1. The lowest BCUT2D eigenvalue weighted by Gasteiger charge is -2.23. The maximum Gasteiger partial charge on any atom is 0.266 e. The standard InChI is InChI=1S/C30H29N7O/c1-4-24(34-27-23(20(3)33-30(31)36-27)17-16-21-12-8-9-18-32-21)28-35-25-15-10-11-19(2)26(25)29(38)37(28)22-13-6-5-7-14-22/h5-18,24H,4H2,1-3H3,(H3,31,33,34,36). The maximum absolute atomic E-state index is 13.9. The number of aryl methyl sites for hydroxylation is 2. The molecule has 5 rings (SSSR count). The number of aromatic nitrogens is 5. The molecule has 0 bridgehead atoms. The van der Waals surface area contributed by atoms with E-state index in [1.165, 1.54) is 0 Å². The van der Waals surface area contributed by atoms with Crippen molar-refractivity contribution in [2.24, 2.45) is 0 Å². The van der Waals surface area contributed by atoms with Crippen molar-refractivity contribution in [2.75, 3.05) is 11.1 Å². The molecular weight excluding hydrogens is 474 g/mol. The molecule has 3 heterocycles. The number of nitrogen functional groups attached to an aromatic ring is 1. The average molecular weight is 504 g/mol. The molecule has 0 amide bonds. The molecule has 5 aromatic rings. The first-order valence-corrected chi connectivity index (χ1v) is 12.5. The van der Waals surface area contributed by atoms with Crippen molar-refractivity contribution in [3.8, 4) is 5.69 Å². The van der Waals surface area contributed by atoms with Gasteiger partial charge in [-0.3, -0.25) is 14.3 Å². The molecule has 0 fully saturated rings. The van der Waals surface area contributed by atoms with Gasteiger partial charge in [-0.05, 0) is 68.3 Å². The molecule has 0 aliphatic rings. The Balaban J connectivity index is 1.66. The van der Waals surface area contributed by atoms with Crippen molar-refractivity contribution >= 4 is 34.8 Å². The van der Waals surface area contributed by atoms with E-state index in [1.54, 1.807) is 10.8 Å². The van der Waals surface area contributed by atoms with Crippen LogP contribution in [0.4, 0.5) is 11.8 Å². The van der Waals surface area contributed by atoms with E-state index in [4.69, 9.17) is 10.7 Å². The van der Waals surface area contributed by atoms with Crippen LogP contribution in [0.25, 0.3) is 28.7 Å². The minimum Gasteiger partial charge on any atom is -0.368 e. The number of benzene rings is 2. The first-order chi connectivity index (χ1) is 18.5. The van der Waals surface area contributed by atoms with E-state index in [1.807, 2.05) is 99.7 Å². The van der Waals surface area contributed by atoms with Crippen LogP contribution in [0.5, 0.6) is 0 Å². The SMILES string of the molecule is CCC(Nc1nc(N)nc(C)c1C=Cc1ccccn1)c1nc2cccc(C)c2c(=O)n1-c1ccccc1. The molecule has 0 aliphatic heterocycles. The molecule has 190 valence electrons. The van der Waals surface area contributed by atoms with Gasteiger partial charge >= 0.3 is 0 Å². The molecule has 3 aromatic heterocycles. The van der Waals surface area contributed by atoms with Crippen molar-refractivity contribution in [2.45, 2.75) is 33.2 Å². The zero-order chi connectivity index (χ0) is 26.6. The third kappa shape index (κ3) is 4.88. The summed E-state index contributed by atoms with van der Waals surface area (Å²) in [6.45, 7) is 5.86. The van der Waals surface area contributed by atoms with Gasteiger partial charge in [0.15, 0.2) is 0 Å². The fraction of sp³-hybridized carbons (Fsp3) is 0.167. The molecule has 0 spiro atoms. The number of hydrogen-bond donors (Lipinski definition) is 2. The van der Waals surface area contributed by atoms with Gasteiger partial charge in [0.25, 0.3) is 5.56 Å². The first kappa shape index (κ1) is 24.8. The number of nitrogens with two attached hydrogens (primary N) is 1. The second-order valence-electron chi connectivity index (χ2n) is 9.04. The number of nitrogens with one attached hydrogen (secondary N) is 1. The van der Waals surface area contributed by atoms with Crippen LogP contribution in [0.1, 0.15) is 47.7 Å². The second kappa shape index (κ2) is 10.6. The van der Waals surface area contributed by atoms with Gasteiger partial charge in [0.1, 0.15) is 11.6 Å². The normalized spacial score (nSPS) is 12.2. The highest BCUT2D eigenvalue weighted by Crippen LogP contribution is 2.28. The number of rotatable bonds is 7. The van der Waals surface area contributed by atoms with Crippen LogP contribution in [0.3, 0.4) is 0 Å². The molecule has 1 atom stereocenters. The van der Waals surface area contributed by atoms with Gasteiger partial charge in [-0.2, -0.15) is 4.98 Å². The van der Waals surface area contributed by atoms with E-state index in [0.717, 1.165) is 28.2 Å². The van der Waals surface area contributed by atoms with Crippen LogP contribution < -0.4 is 16.6 Å². The lowest BCUT2D eigenvalue weighted by atomic mass is 10.1. The van der Waals surface area contributed by atoms with Crippen LogP contribution in [0.2, 0.25) is 0 Å². The smallest absolute Gasteiger partial charge is 0.266 e. The van der Waals surface area contributed by atoms with Crippen LogP contribution in [0, 0.1) is 13.8 Å². The molecule has 0 aliphatic carbocycles. The number of nitrogens with zero attached hydrogens (tertiary/aromatic N) is 5. The van der Waals surface area contributed by atoms with Crippen molar-refractivity contribution in [1.29, 1.82) is 0 Å². The highest BCUT2D eigenvalue weighted by molar-refractivity contribution is 5.82. The van der Waals surface area contributed by atoms with Crippen molar-refractivity contribution < 1.29 is 0 Å². The number of anilines is 2. The molecule has 0 radical (unpaired) electrons. The van der Waals surface area contributed by atoms with Gasteiger partial charge in [0, 0.05) is 11.8 Å². The third-order valence-corrected chi connectivity index (χ3v) is 6.44. The second-order valence-corrected chi connectivity index (χ2v) is 9.04. The topological polar surface area (TPSA) is 112 Å². The summed E-state index contributed by atoms with van der Waals surface area (Å²) in [6, 6.07) is 20.7. The summed E-state index contributed by atoms with van der Waals surface area (Å²) < 4.78 is 1.69. The molecule has 3 N–H and O–H groups in total. The molecule has 8 nitrogen and oxygen atoms in total. The molecule has 1 unspecified atom stereocenters. The Bertz CT molecular complexity index is 1680. The summed E-state index contributed by atoms with van der Waals surface area (Å²) in [5.74, 6) is 1.32. The fourth-order valence-corrected chi connectivity index (χ4v) is 4.54. The Morgan fingerprint density at radius 2 is 1.74 bits per heavy atom.